The zero-order chi connectivity index (χ0) is 24.1. The average molecular weight is 469 g/mol. The molecule has 0 unspecified atom stereocenters. The van der Waals surface area contributed by atoms with Crippen LogP contribution in [0.5, 0.6) is 0 Å². The Morgan fingerprint density at radius 1 is 0.938 bits per heavy atom. The Labute approximate surface area is 176 Å². The Morgan fingerprint density at radius 3 is 1.97 bits per heavy atom. The van der Waals surface area contributed by atoms with Gasteiger partial charge in [0, 0.05) is 17.3 Å². The van der Waals surface area contributed by atoms with Crippen molar-refractivity contribution in [1.82, 2.24) is 0 Å². The fourth-order valence-corrected chi connectivity index (χ4v) is 4.42. The molecule has 0 spiro atoms. The molecule has 1 atom stereocenters. The van der Waals surface area contributed by atoms with Crippen LogP contribution in [0.2, 0.25) is 0 Å². The van der Waals surface area contributed by atoms with Crippen LogP contribution in [0, 0.1) is 22.7 Å². The summed E-state index contributed by atoms with van der Waals surface area (Å²) in [6, 6.07) is 4.06. The number of nitrogens with two attached hydrogens (primary N) is 1. The quantitative estimate of drug-likeness (QED) is 0.484. The Balaban J connectivity index is 2.35. The van der Waals surface area contributed by atoms with Crippen LogP contribution in [-0.4, -0.2) is 12.4 Å². The molecule has 0 fully saturated rings. The van der Waals surface area contributed by atoms with E-state index in [4.69, 9.17) is 5.73 Å². The molecular weight excluding hydrogens is 453 g/mol. The topological polar surface area (TPSA) is 53.1 Å². The van der Waals surface area contributed by atoms with Crippen molar-refractivity contribution in [3.8, 4) is 6.07 Å². The summed E-state index contributed by atoms with van der Waals surface area (Å²) in [6.45, 7) is 0. The van der Waals surface area contributed by atoms with Gasteiger partial charge in [-0.3, -0.25) is 4.90 Å². The molecule has 3 nitrogen and oxygen atoms in total. The van der Waals surface area contributed by atoms with Crippen LogP contribution in [0.15, 0.2) is 47.4 Å². The molecule has 0 radical (unpaired) electrons. The Kier molecular flexibility index (Phi) is 5.68. The summed E-state index contributed by atoms with van der Waals surface area (Å²) in [7, 11) is 0. The molecule has 1 aromatic rings. The van der Waals surface area contributed by atoms with E-state index in [1.165, 1.54) is 6.08 Å². The predicted octanol–water partition coefficient (Wildman–Crippen LogP) is 6.40. The zero-order valence-corrected chi connectivity index (χ0v) is 16.2. The fraction of sp³-hybridized carbons (Fsp3) is 0.450. The normalized spacial score (nSPS) is 22.1. The van der Waals surface area contributed by atoms with Gasteiger partial charge in [-0.1, -0.05) is 12.5 Å². The number of hydrogen-bond acceptors (Lipinski definition) is 3. The van der Waals surface area contributed by atoms with E-state index in [2.05, 4.69) is 0 Å². The van der Waals surface area contributed by atoms with Crippen LogP contribution >= 0.6 is 0 Å². The molecule has 3 rings (SSSR count). The van der Waals surface area contributed by atoms with E-state index in [0.717, 1.165) is 23.1 Å². The summed E-state index contributed by atoms with van der Waals surface area (Å²) >= 11 is 0. The molecule has 32 heavy (non-hydrogen) atoms. The maximum absolute atomic E-state index is 14.2. The number of fused-ring (bicyclic) bond motifs is 1. The van der Waals surface area contributed by atoms with E-state index in [1.54, 1.807) is 0 Å². The highest BCUT2D eigenvalue weighted by atomic mass is 19.4. The monoisotopic (exact) mass is 469 g/mol. The number of nitriles is 1. The molecule has 0 bridgehead atoms. The van der Waals surface area contributed by atoms with Gasteiger partial charge in [-0.2, -0.15) is 44.8 Å². The van der Waals surface area contributed by atoms with E-state index in [9.17, 15) is 44.8 Å². The summed E-state index contributed by atoms with van der Waals surface area (Å²) in [5, 5.41) is 9.42. The van der Waals surface area contributed by atoms with Crippen molar-refractivity contribution < 1.29 is 39.5 Å². The van der Waals surface area contributed by atoms with Crippen LogP contribution in [0.25, 0.3) is 0 Å². The van der Waals surface area contributed by atoms with Gasteiger partial charge in [0.2, 0.25) is 5.41 Å². The predicted molar refractivity (Wildman–Crippen MR) is 95.3 cm³/mol. The standard InChI is InChI=1S/C20H16F9N3/c21-18(22,23)11-6-8-12(9-7-11)32-15-5-3-1-2-4-13(15)17(19(24,25)26,20(27,28)29)14(10-30)16(32)31/h5-9,13H,1-4,31H2/t13-/m1/s1. The lowest BCUT2D eigenvalue weighted by Crippen LogP contribution is -2.61. The molecule has 0 aromatic heterocycles. The minimum atomic E-state index is -5.90. The van der Waals surface area contributed by atoms with Gasteiger partial charge in [0.05, 0.1) is 17.2 Å². The molecule has 1 aliphatic heterocycles. The second-order valence-corrected chi connectivity index (χ2v) is 7.52. The third kappa shape index (κ3) is 3.47. The number of alkyl halides is 9. The van der Waals surface area contributed by atoms with E-state index >= 15 is 0 Å². The minimum Gasteiger partial charge on any atom is -0.384 e. The van der Waals surface area contributed by atoms with Crippen molar-refractivity contribution in [2.75, 3.05) is 4.90 Å². The van der Waals surface area contributed by atoms with E-state index in [-0.39, 0.29) is 18.5 Å². The maximum atomic E-state index is 14.2. The second kappa shape index (κ2) is 7.64. The molecule has 174 valence electrons. The average Bonchev–Trinajstić information content (AvgIpc) is 2.90. The van der Waals surface area contributed by atoms with Gasteiger partial charge < -0.3 is 5.73 Å². The smallest absolute Gasteiger partial charge is 0.384 e. The van der Waals surface area contributed by atoms with Gasteiger partial charge in [0.1, 0.15) is 5.82 Å². The van der Waals surface area contributed by atoms with Crippen LogP contribution in [-0.2, 0) is 6.18 Å². The SMILES string of the molecule is N#CC1=C(N)N(c2ccc(C(F)(F)F)cc2)C2=CCCCC[C@H]2C1(C(F)(F)F)C(F)(F)F. The molecule has 1 aliphatic carbocycles. The molecule has 1 heterocycles. The van der Waals surface area contributed by atoms with Gasteiger partial charge in [-0.05, 0) is 43.5 Å². The van der Waals surface area contributed by atoms with Gasteiger partial charge in [-0.15, -0.1) is 0 Å². The first-order chi connectivity index (χ1) is 14.7. The number of rotatable bonds is 1. The lowest BCUT2D eigenvalue weighted by atomic mass is 9.63. The number of nitrogens with zero attached hydrogens (tertiary/aromatic N) is 2. The highest BCUT2D eigenvalue weighted by Crippen LogP contribution is 2.65. The van der Waals surface area contributed by atoms with Gasteiger partial charge in [0.15, 0.2) is 0 Å². The van der Waals surface area contributed by atoms with Crippen LogP contribution in [0.3, 0.4) is 0 Å². The van der Waals surface area contributed by atoms with E-state index < -0.39 is 58.9 Å². The molecule has 2 aliphatic rings. The van der Waals surface area contributed by atoms with Gasteiger partial charge in [-0.25, -0.2) is 0 Å². The molecular formula is C20H16F9N3. The van der Waals surface area contributed by atoms with Crippen molar-refractivity contribution in [2.45, 2.75) is 44.2 Å². The number of benzene rings is 1. The highest BCUT2D eigenvalue weighted by molar-refractivity contribution is 5.65. The Hall–Kier alpha value is -2.84. The largest absolute Gasteiger partial charge is 0.416 e. The summed E-state index contributed by atoms with van der Waals surface area (Å²) in [5.74, 6) is -3.35. The third-order valence-electron chi connectivity index (χ3n) is 5.79. The first-order valence-corrected chi connectivity index (χ1v) is 9.39. The Morgan fingerprint density at radius 2 is 1.50 bits per heavy atom. The van der Waals surface area contributed by atoms with Gasteiger partial charge >= 0.3 is 18.5 Å². The van der Waals surface area contributed by atoms with Crippen molar-refractivity contribution in [3.63, 3.8) is 0 Å². The fourth-order valence-electron chi connectivity index (χ4n) is 4.42. The van der Waals surface area contributed by atoms with E-state index in [1.807, 2.05) is 0 Å². The summed E-state index contributed by atoms with van der Waals surface area (Å²) in [6.07, 6.45) is -15.4. The van der Waals surface area contributed by atoms with Crippen molar-refractivity contribution in [2.24, 2.45) is 17.1 Å². The summed E-state index contributed by atoms with van der Waals surface area (Å²) < 4.78 is 124. The van der Waals surface area contributed by atoms with Crippen LogP contribution in [0.4, 0.5) is 45.2 Å². The number of allylic oxidation sites excluding steroid dienone is 3. The number of halogens is 9. The van der Waals surface area contributed by atoms with Crippen LogP contribution in [0.1, 0.15) is 31.2 Å². The molecule has 2 N–H and O–H groups in total. The van der Waals surface area contributed by atoms with E-state index in [0.29, 0.717) is 18.6 Å². The number of anilines is 1. The molecule has 0 saturated heterocycles. The first kappa shape index (κ1) is 23.8. The van der Waals surface area contributed by atoms with Crippen molar-refractivity contribution in [3.05, 3.63) is 53.0 Å². The molecule has 12 heteroatoms. The van der Waals surface area contributed by atoms with Crippen molar-refractivity contribution >= 4 is 5.69 Å². The second-order valence-electron chi connectivity index (χ2n) is 7.52. The first-order valence-electron chi connectivity index (χ1n) is 9.39. The Bertz CT molecular complexity index is 962. The highest BCUT2D eigenvalue weighted by Gasteiger charge is 2.78. The minimum absolute atomic E-state index is 0.0258. The van der Waals surface area contributed by atoms with Crippen LogP contribution < -0.4 is 10.6 Å². The lowest BCUT2D eigenvalue weighted by Gasteiger charge is -2.50. The molecule has 1 aromatic carbocycles. The third-order valence-corrected chi connectivity index (χ3v) is 5.79. The van der Waals surface area contributed by atoms with Gasteiger partial charge in [0.25, 0.3) is 0 Å². The molecule has 0 amide bonds. The lowest BCUT2D eigenvalue weighted by molar-refractivity contribution is -0.339. The zero-order valence-electron chi connectivity index (χ0n) is 16.2. The summed E-state index contributed by atoms with van der Waals surface area (Å²) in [4.78, 5) is 0.824. The summed E-state index contributed by atoms with van der Waals surface area (Å²) in [5.41, 5.74) is -2.19. The molecule has 0 saturated carbocycles. The number of hydrogen-bond donors (Lipinski definition) is 1. The van der Waals surface area contributed by atoms with Crippen molar-refractivity contribution in [1.29, 1.82) is 5.26 Å². The maximum Gasteiger partial charge on any atom is 0.416 e.